The van der Waals surface area contributed by atoms with Crippen molar-refractivity contribution in [2.75, 3.05) is 6.61 Å². The van der Waals surface area contributed by atoms with Gasteiger partial charge in [-0.3, -0.25) is 0 Å². The highest BCUT2D eigenvalue weighted by molar-refractivity contribution is 6.74. The SMILES string of the molecule is C[C@@H]1C[Si](C)(C)O[C@@H]1[C@@H](C)CO[Si](C)(C)C(C)(C)C. The first-order valence-electron chi connectivity index (χ1n) is 7.67. The van der Waals surface area contributed by atoms with Crippen molar-refractivity contribution in [1.29, 1.82) is 0 Å². The first kappa shape index (κ1) is 17.4. The second kappa shape index (κ2) is 5.62. The normalized spacial score (nSPS) is 29.5. The number of hydrogen-bond donors (Lipinski definition) is 0. The van der Waals surface area contributed by atoms with Crippen LogP contribution in [0.2, 0.25) is 37.3 Å². The van der Waals surface area contributed by atoms with Crippen molar-refractivity contribution in [2.24, 2.45) is 11.8 Å². The molecule has 0 N–H and O–H groups in total. The average Bonchev–Trinajstić information content (AvgIpc) is 2.47. The molecule has 1 aliphatic heterocycles. The molecule has 0 aromatic carbocycles. The van der Waals surface area contributed by atoms with Crippen molar-refractivity contribution in [3.63, 3.8) is 0 Å². The smallest absolute Gasteiger partial charge is 0.191 e. The summed E-state index contributed by atoms with van der Waals surface area (Å²) in [5, 5.41) is 0.295. The zero-order chi connectivity index (χ0) is 15.1. The van der Waals surface area contributed by atoms with Gasteiger partial charge in [0.2, 0.25) is 0 Å². The molecule has 3 atom stereocenters. The maximum atomic E-state index is 6.36. The quantitative estimate of drug-likeness (QED) is 0.689. The van der Waals surface area contributed by atoms with Crippen molar-refractivity contribution in [1.82, 2.24) is 0 Å². The molecule has 0 radical (unpaired) electrons. The van der Waals surface area contributed by atoms with E-state index in [1.807, 2.05) is 0 Å². The third-order valence-corrected chi connectivity index (χ3v) is 11.9. The van der Waals surface area contributed by atoms with Gasteiger partial charge in [-0.05, 0) is 43.2 Å². The molecule has 1 heterocycles. The van der Waals surface area contributed by atoms with Gasteiger partial charge < -0.3 is 8.85 Å². The molecule has 0 aromatic heterocycles. The molecule has 4 heteroatoms. The lowest BCUT2D eigenvalue weighted by atomic mass is 9.96. The monoisotopic (exact) mass is 302 g/mol. The molecule has 0 aliphatic carbocycles. The molecule has 2 nitrogen and oxygen atoms in total. The predicted octanol–water partition coefficient (Wildman–Crippen LogP) is 4.88. The Labute approximate surface area is 122 Å². The van der Waals surface area contributed by atoms with E-state index in [2.05, 4.69) is 60.8 Å². The van der Waals surface area contributed by atoms with Gasteiger partial charge in [0.1, 0.15) is 0 Å². The van der Waals surface area contributed by atoms with E-state index in [9.17, 15) is 0 Å². The van der Waals surface area contributed by atoms with Crippen LogP contribution in [0, 0.1) is 11.8 Å². The van der Waals surface area contributed by atoms with Crippen LogP contribution in [0.4, 0.5) is 0 Å². The minimum absolute atomic E-state index is 0.295. The Kier molecular flexibility index (Phi) is 5.15. The van der Waals surface area contributed by atoms with E-state index in [1.54, 1.807) is 0 Å². The molecule has 19 heavy (non-hydrogen) atoms. The highest BCUT2D eigenvalue weighted by Gasteiger charge is 2.43. The Morgan fingerprint density at radius 2 is 1.84 bits per heavy atom. The highest BCUT2D eigenvalue weighted by Crippen LogP contribution is 2.39. The summed E-state index contributed by atoms with van der Waals surface area (Å²) in [6.45, 7) is 21.7. The van der Waals surface area contributed by atoms with Crippen LogP contribution in [-0.2, 0) is 8.85 Å². The largest absolute Gasteiger partial charge is 0.416 e. The van der Waals surface area contributed by atoms with E-state index in [4.69, 9.17) is 8.85 Å². The fourth-order valence-electron chi connectivity index (χ4n) is 2.75. The van der Waals surface area contributed by atoms with Gasteiger partial charge in [0.05, 0.1) is 6.10 Å². The third-order valence-electron chi connectivity index (χ3n) is 4.90. The molecule has 0 unspecified atom stereocenters. The average molecular weight is 303 g/mol. The molecule has 114 valence electrons. The maximum absolute atomic E-state index is 6.36. The maximum Gasteiger partial charge on any atom is 0.191 e. The van der Waals surface area contributed by atoms with E-state index < -0.39 is 16.6 Å². The summed E-state index contributed by atoms with van der Waals surface area (Å²) in [6.07, 6.45) is 0.409. The van der Waals surface area contributed by atoms with Gasteiger partial charge in [-0.25, -0.2) is 0 Å². The molecule has 1 saturated heterocycles. The van der Waals surface area contributed by atoms with Crippen molar-refractivity contribution in [3.05, 3.63) is 0 Å². The Morgan fingerprint density at radius 1 is 1.32 bits per heavy atom. The summed E-state index contributed by atoms with van der Waals surface area (Å²) in [5.74, 6) is 1.21. The Morgan fingerprint density at radius 3 is 2.21 bits per heavy atom. The van der Waals surface area contributed by atoms with Gasteiger partial charge in [0.25, 0.3) is 0 Å². The van der Waals surface area contributed by atoms with Crippen molar-refractivity contribution >= 4 is 16.6 Å². The van der Waals surface area contributed by atoms with E-state index in [1.165, 1.54) is 6.04 Å². The van der Waals surface area contributed by atoms with Gasteiger partial charge in [0.15, 0.2) is 16.6 Å². The van der Waals surface area contributed by atoms with Gasteiger partial charge in [-0.2, -0.15) is 0 Å². The number of rotatable bonds is 4. The van der Waals surface area contributed by atoms with E-state index in [0.717, 1.165) is 6.61 Å². The van der Waals surface area contributed by atoms with Crippen molar-refractivity contribution < 1.29 is 8.85 Å². The van der Waals surface area contributed by atoms with Gasteiger partial charge >= 0.3 is 0 Å². The van der Waals surface area contributed by atoms with Crippen LogP contribution in [0.25, 0.3) is 0 Å². The van der Waals surface area contributed by atoms with Gasteiger partial charge in [-0.1, -0.05) is 34.6 Å². The van der Waals surface area contributed by atoms with Gasteiger partial charge in [-0.15, -0.1) is 0 Å². The molecular formula is C15H34O2Si2. The van der Waals surface area contributed by atoms with Crippen molar-refractivity contribution in [2.45, 2.75) is 78.0 Å². The summed E-state index contributed by atoms with van der Waals surface area (Å²) in [7, 11) is -3.01. The van der Waals surface area contributed by atoms with Crippen LogP contribution in [0.1, 0.15) is 34.6 Å². The Hall–Kier alpha value is 0.354. The number of hydrogen-bond acceptors (Lipinski definition) is 2. The van der Waals surface area contributed by atoms with Crippen LogP contribution < -0.4 is 0 Å². The predicted molar refractivity (Wildman–Crippen MR) is 88.6 cm³/mol. The van der Waals surface area contributed by atoms with E-state index in [0.29, 0.717) is 23.0 Å². The molecule has 0 saturated carbocycles. The third kappa shape index (κ3) is 4.41. The highest BCUT2D eigenvalue weighted by atomic mass is 28.4. The Balaban J connectivity index is 2.55. The van der Waals surface area contributed by atoms with Crippen LogP contribution in [0.5, 0.6) is 0 Å². The molecule has 1 aliphatic rings. The van der Waals surface area contributed by atoms with Crippen LogP contribution in [0.3, 0.4) is 0 Å². The molecule has 0 amide bonds. The summed E-state index contributed by atoms with van der Waals surface area (Å²) in [4.78, 5) is 0. The minimum atomic E-state index is -1.62. The molecular weight excluding hydrogens is 268 g/mol. The second-order valence-electron chi connectivity index (χ2n) is 8.57. The molecule has 1 fully saturated rings. The topological polar surface area (TPSA) is 18.5 Å². The molecule has 0 aromatic rings. The van der Waals surface area contributed by atoms with Crippen LogP contribution in [0.15, 0.2) is 0 Å². The summed E-state index contributed by atoms with van der Waals surface area (Å²) in [6, 6.07) is 1.29. The Bertz CT molecular complexity index is 308. The van der Waals surface area contributed by atoms with Crippen LogP contribution in [-0.4, -0.2) is 29.3 Å². The van der Waals surface area contributed by atoms with Gasteiger partial charge in [0, 0.05) is 12.5 Å². The molecule has 0 spiro atoms. The van der Waals surface area contributed by atoms with Crippen LogP contribution >= 0.6 is 0 Å². The first-order chi connectivity index (χ1) is 8.36. The zero-order valence-corrected chi connectivity index (χ0v) is 16.5. The summed E-state index contributed by atoms with van der Waals surface area (Å²) >= 11 is 0. The summed E-state index contributed by atoms with van der Waals surface area (Å²) in [5.41, 5.74) is 0. The minimum Gasteiger partial charge on any atom is -0.416 e. The molecule has 0 bridgehead atoms. The van der Waals surface area contributed by atoms with E-state index >= 15 is 0 Å². The lowest BCUT2D eigenvalue weighted by Crippen LogP contribution is -2.43. The van der Waals surface area contributed by atoms with Crippen molar-refractivity contribution in [3.8, 4) is 0 Å². The zero-order valence-electron chi connectivity index (χ0n) is 14.5. The van der Waals surface area contributed by atoms with E-state index in [-0.39, 0.29) is 0 Å². The fraction of sp³-hybridized carbons (Fsp3) is 1.00. The molecule has 1 rings (SSSR count). The fourth-order valence-corrected chi connectivity index (χ4v) is 6.95. The lowest BCUT2D eigenvalue weighted by molar-refractivity contribution is 0.0859. The lowest BCUT2D eigenvalue weighted by Gasteiger charge is -2.38. The first-order valence-corrected chi connectivity index (χ1v) is 13.7. The summed E-state index contributed by atoms with van der Waals surface area (Å²) < 4.78 is 12.7. The second-order valence-corrected chi connectivity index (χ2v) is 17.5. The standard InChI is InChI=1S/C15H34O2Si2/c1-12(10-16-19(8,9)15(3,4)5)14-13(2)11-18(6,7)17-14/h12-14H,10-11H2,1-9H3/t12-,13+,14+/m0/s1.